The highest BCUT2D eigenvalue weighted by molar-refractivity contribution is 6.05. The zero-order valence-electron chi connectivity index (χ0n) is 11.4. The Hall–Kier alpha value is -2.29. The van der Waals surface area contributed by atoms with E-state index in [-0.39, 0.29) is 5.91 Å². The molecule has 3 nitrogen and oxygen atoms in total. The van der Waals surface area contributed by atoms with Gasteiger partial charge in [-0.3, -0.25) is 4.79 Å². The first-order chi connectivity index (χ1) is 9.84. The van der Waals surface area contributed by atoms with E-state index in [1.807, 2.05) is 48.5 Å². The summed E-state index contributed by atoms with van der Waals surface area (Å²) < 4.78 is 0. The van der Waals surface area contributed by atoms with Crippen LogP contribution in [-0.4, -0.2) is 19.0 Å². The molecule has 0 aliphatic carbocycles. The number of carbonyl (C=O) groups is 1. The third-order valence-electron chi connectivity index (χ3n) is 3.63. The average Bonchev–Trinajstić information content (AvgIpc) is 3.03. The number of rotatable bonds is 3. The predicted molar refractivity (Wildman–Crippen MR) is 82.3 cm³/mol. The van der Waals surface area contributed by atoms with Crippen LogP contribution in [0.25, 0.3) is 0 Å². The van der Waals surface area contributed by atoms with E-state index in [9.17, 15) is 4.79 Å². The molecule has 1 N–H and O–H groups in total. The summed E-state index contributed by atoms with van der Waals surface area (Å²) in [6.45, 7) is 2.14. The third-order valence-corrected chi connectivity index (χ3v) is 3.63. The van der Waals surface area contributed by atoms with Gasteiger partial charge in [-0.15, -0.1) is 0 Å². The largest absolute Gasteiger partial charge is 0.370 e. The van der Waals surface area contributed by atoms with Crippen LogP contribution < -0.4 is 10.2 Å². The molecule has 3 rings (SSSR count). The molecule has 1 fully saturated rings. The number of nitrogens with zero attached hydrogens (tertiary/aromatic N) is 1. The van der Waals surface area contributed by atoms with Gasteiger partial charge in [0.05, 0.1) is 11.4 Å². The molecule has 102 valence electrons. The average molecular weight is 266 g/mol. The van der Waals surface area contributed by atoms with Crippen molar-refractivity contribution in [3.05, 3.63) is 60.2 Å². The fourth-order valence-electron chi connectivity index (χ4n) is 2.60. The van der Waals surface area contributed by atoms with Crippen LogP contribution in [0.2, 0.25) is 0 Å². The van der Waals surface area contributed by atoms with Crippen molar-refractivity contribution in [1.29, 1.82) is 0 Å². The fraction of sp³-hybridized carbons (Fsp3) is 0.235. The number of anilines is 2. The number of hydrogen-bond acceptors (Lipinski definition) is 2. The summed E-state index contributed by atoms with van der Waals surface area (Å²) in [5, 5.41) is 3.02. The van der Waals surface area contributed by atoms with Crippen LogP contribution in [0.4, 0.5) is 11.4 Å². The van der Waals surface area contributed by atoms with Gasteiger partial charge < -0.3 is 10.2 Å². The Morgan fingerprint density at radius 3 is 2.30 bits per heavy atom. The molecule has 0 saturated carbocycles. The minimum Gasteiger partial charge on any atom is -0.370 e. The second-order valence-electron chi connectivity index (χ2n) is 5.03. The molecule has 0 atom stereocenters. The van der Waals surface area contributed by atoms with Gasteiger partial charge in [-0.05, 0) is 37.1 Å². The highest BCUT2D eigenvalue weighted by Crippen LogP contribution is 2.28. The van der Waals surface area contributed by atoms with Gasteiger partial charge in [-0.25, -0.2) is 0 Å². The van der Waals surface area contributed by atoms with Crippen LogP contribution in [0.3, 0.4) is 0 Å². The summed E-state index contributed by atoms with van der Waals surface area (Å²) in [5.74, 6) is -0.0581. The zero-order chi connectivity index (χ0) is 13.8. The molecule has 0 unspecified atom stereocenters. The van der Waals surface area contributed by atoms with E-state index >= 15 is 0 Å². The molecule has 3 heteroatoms. The van der Waals surface area contributed by atoms with E-state index in [2.05, 4.69) is 16.3 Å². The fourth-order valence-corrected chi connectivity index (χ4v) is 2.60. The standard InChI is InChI=1S/C17H18N2O/c20-17(14-8-2-1-3-9-14)18-15-10-4-5-11-16(15)19-12-6-7-13-19/h1-5,8-11H,6-7,12-13H2,(H,18,20). The maximum Gasteiger partial charge on any atom is 0.255 e. The number of carbonyl (C=O) groups excluding carboxylic acids is 1. The van der Waals surface area contributed by atoms with Crippen molar-refractivity contribution >= 4 is 17.3 Å². The van der Waals surface area contributed by atoms with E-state index in [4.69, 9.17) is 0 Å². The van der Waals surface area contributed by atoms with Crippen LogP contribution in [0.15, 0.2) is 54.6 Å². The highest BCUT2D eigenvalue weighted by Gasteiger charge is 2.16. The van der Waals surface area contributed by atoms with E-state index < -0.39 is 0 Å². The number of benzene rings is 2. The van der Waals surface area contributed by atoms with Gasteiger partial charge in [0.25, 0.3) is 5.91 Å². The van der Waals surface area contributed by atoms with Crippen molar-refractivity contribution in [2.75, 3.05) is 23.3 Å². The number of para-hydroxylation sites is 2. The summed E-state index contributed by atoms with van der Waals surface area (Å²) in [6.07, 6.45) is 2.45. The van der Waals surface area contributed by atoms with Crippen LogP contribution >= 0.6 is 0 Å². The predicted octanol–water partition coefficient (Wildman–Crippen LogP) is 3.54. The molecule has 2 aromatic carbocycles. The zero-order valence-corrected chi connectivity index (χ0v) is 11.4. The molecule has 2 aromatic rings. The maximum absolute atomic E-state index is 12.3. The molecule has 1 saturated heterocycles. The topological polar surface area (TPSA) is 32.3 Å². The smallest absolute Gasteiger partial charge is 0.255 e. The Labute approximate surface area is 119 Å². The maximum atomic E-state index is 12.3. The molecular weight excluding hydrogens is 248 g/mol. The Morgan fingerprint density at radius 1 is 0.900 bits per heavy atom. The lowest BCUT2D eigenvalue weighted by molar-refractivity contribution is 0.102. The van der Waals surface area contributed by atoms with Crippen LogP contribution in [0.1, 0.15) is 23.2 Å². The first-order valence-corrected chi connectivity index (χ1v) is 7.05. The van der Waals surface area contributed by atoms with Crippen molar-refractivity contribution < 1.29 is 4.79 Å². The summed E-state index contributed by atoms with van der Waals surface area (Å²) in [7, 11) is 0. The highest BCUT2D eigenvalue weighted by atomic mass is 16.1. The lowest BCUT2D eigenvalue weighted by atomic mass is 10.2. The van der Waals surface area contributed by atoms with Crippen molar-refractivity contribution in [2.45, 2.75) is 12.8 Å². The molecule has 1 aliphatic heterocycles. The minimum atomic E-state index is -0.0581. The molecular formula is C17H18N2O. The monoisotopic (exact) mass is 266 g/mol. The van der Waals surface area contributed by atoms with Crippen molar-refractivity contribution in [3.63, 3.8) is 0 Å². The Bertz CT molecular complexity index is 589. The SMILES string of the molecule is O=C(Nc1ccccc1N1CCCC1)c1ccccc1. The number of nitrogens with one attached hydrogen (secondary N) is 1. The van der Waals surface area contributed by atoms with Crippen molar-refractivity contribution in [1.82, 2.24) is 0 Å². The Balaban J connectivity index is 1.82. The molecule has 20 heavy (non-hydrogen) atoms. The molecule has 1 heterocycles. The van der Waals surface area contributed by atoms with Gasteiger partial charge in [0, 0.05) is 18.7 Å². The third kappa shape index (κ3) is 2.67. The van der Waals surface area contributed by atoms with Crippen molar-refractivity contribution in [3.8, 4) is 0 Å². The lowest BCUT2D eigenvalue weighted by Crippen LogP contribution is -2.21. The van der Waals surface area contributed by atoms with Crippen LogP contribution in [0.5, 0.6) is 0 Å². The van der Waals surface area contributed by atoms with Gasteiger partial charge in [-0.1, -0.05) is 30.3 Å². The summed E-state index contributed by atoms with van der Waals surface area (Å²) in [6, 6.07) is 17.3. The minimum absolute atomic E-state index is 0.0581. The molecule has 0 radical (unpaired) electrons. The first-order valence-electron chi connectivity index (χ1n) is 7.05. The summed E-state index contributed by atoms with van der Waals surface area (Å²) >= 11 is 0. The van der Waals surface area contributed by atoms with Crippen LogP contribution in [0, 0.1) is 0 Å². The van der Waals surface area contributed by atoms with E-state index in [0.29, 0.717) is 5.56 Å². The normalized spacial score (nSPS) is 14.3. The summed E-state index contributed by atoms with van der Waals surface area (Å²) in [4.78, 5) is 14.6. The van der Waals surface area contributed by atoms with Gasteiger partial charge in [0.2, 0.25) is 0 Å². The Morgan fingerprint density at radius 2 is 1.55 bits per heavy atom. The van der Waals surface area contributed by atoms with E-state index in [0.717, 1.165) is 24.5 Å². The molecule has 0 spiro atoms. The van der Waals surface area contributed by atoms with Crippen molar-refractivity contribution in [2.24, 2.45) is 0 Å². The molecule has 1 amide bonds. The molecule has 0 bridgehead atoms. The lowest BCUT2D eigenvalue weighted by Gasteiger charge is -2.21. The van der Waals surface area contributed by atoms with Gasteiger partial charge in [-0.2, -0.15) is 0 Å². The van der Waals surface area contributed by atoms with Crippen LogP contribution in [-0.2, 0) is 0 Å². The quantitative estimate of drug-likeness (QED) is 0.921. The van der Waals surface area contributed by atoms with Gasteiger partial charge in [0.1, 0.15) is 0 Å². The number of hydrogen-bond donors (Lipinski definition) is 1. The Kier molecular flexibility index (Phi) is 3.68. The second kappa shape index (κ2) is 5.78. The molecule has 0 aromatic heterocycles. The van der Waals surface area contributed by atoms with Gasteiger partial charge >= 0.3 is 0 Å². The summed E-state index contributed by atoms with van der Waals surface area (Å²) in [5.41, 5.74) is 2.70. The van der Waals surface area contributed by atoms with Gasteiger partial charge in [0.15, 0.2) is 0 Å². The molecule has 1 aliphatic rings. The first kappa shape index (κ1) is 12.7. The second-order valence-corrected chi connectivity index (χ2v) is 5.03. The van der Waals surface area contributed by atoms with E-state index in [1.165, 1.54) is 12.8 Å². The number of amides is 1. The van der Waals surface area contributed by atoms with E-state index in [1.54, 1.807) is 0 Å².